The summed E-state index contributed by atoms with van der Waals surface area (Å²) >= 11 is 1.53. The van der Waals surface area contributed by atoms with E-state index in [0.717, 1.165) is 23.5 Å². The van der Waals surface area contributed by atoms with E-state index in [1.54, 1.807) is 0 Å². The van der Waals surface area contributed by atoms with E-state index in [1.165, 1.54) is 24.2 Å². The Hall–Kier alpha value is -0.940. The van der Waals surface area contributed by atoms with Crippen molar-refractivity contribution >= 4 is 17.2 Å². The first-order chi connectivity index (χ1) is 8.15. The normalized spacial score (nSPS) is 18.2. The van der Waals surface area contributed by atoms with Gasteiger partial charge in [-0.25, -0.2) is 4.98 Å². The number of carbonyl (C=O) groups excluding carboxylic acids is 1. The van der Waals surface area contributed by atoms with E-state index in [4.69, 9.17) is 5.73 Å². The van der Waals surface area contributed by atoms with Gasteiger partial charge in [-0.2, -0.15) is 0 Å². The number of nitrogens with zero attached hydrogens (tertiary/aromatic N) is 1. The van der Waals surface area contributed by atoms with Crippen LogP contribution in [-0.2, 0) is 11.2 Å². The highest BCUT2D eigenvalue weighted by atomic mass is 32.1. The lowest BCUT2D eigenvalue weighted by Crippen LogP contribution is -2.33. The van der Waals surface area contributed by atoms with Crippen LogP contribution >= 0.6 is 11.3 Å². The highest BCUT2D eigenvalue weighted by Crippen LogP contribution is 2.18. The zero-order valence-electron chi connectivity index (χ0n) is 10.1. The van der Waals surface area contributed by atoms with Crippen LogP contribution in [0.5, 0.6) is 0 Å². The van der Waals surface area contributed by atoms with Gasteiger partial charge < -0.3 is 11.1 Å². The van der Waals surface area contributed by atoms with E-state index in [2.05, 4.69) is 10.3 Å². The van der Waals surface area contributed by atoms with Crippen LogP contribution in [0.2, 0.25) is 0 Å². The lowest BCUT2D eigenvalue weighted by atomic mass is 10.2. The fourth-order valence-electron chi connectivity index (χ4n) is 2.13. The third kappa shape index (κ3) is 3.51. The maximum atomic E-state index is 11.8. The van der Waals surface area contributed by atoms with Gasteiger partial charge in [0.15, 0.2) is 0 Å². The smallest absolute Gasteiger partial charge is 0.226 e. The highest BCUT2D eigenvalue weighted by Gasteiger charge is 2.17. The molecule has 0 bridgehead atoms. The minimum atomic E-state index is -0.0494. The van der Waals surface area contributed by atoms with E-state index in [-0.39, 0.29) is 11.9 Å². The van der Waals surface area contributed by atoms with Crippen LogP contribution in [0.3, 0.4) is 0 Å². The molecule has 1 amide bonds. The fraction of sp³-hybridized carbons (Fsp3) is 0.667. The molecule has 1 aliphatic carbocycles. The number of amides is 1. The predicted molar refractivity (Wildman–Crippen MR) is 68.8 cm³/mol. The summed E-state index contributed by atoms with van der Waals surface area (Å²) in [7, 11) is 0. The summed E-state index contributed by atoms with van der Waals surface area (Å²) in [6.07, 6.45) is 5.08. The molecular formula is C12H19N3OS. The van der Waals surface area contributed by atoms with Crippen molar-refractivity contribution in [1.29, 1.82) is 0 Å². The van der Waals surface area contributed by atoms with Crippen molar-refractivity contribution in [3.63, 3.8) is 0 Å². The molecule has 1 aromatic rings. The number of aromatic nitrogens is 1. The largest absolute Gasteiger partial charge is 0.353 e. The standard InChI is InChI=1S/C12H19N3OS/c1-8(13)12-15-10(7-17-12)6-11(16)14-9-4-2-3-5-9/h7-9H,2-6,13H2,1H3,(H,14,16). The van der Waals surface area contributed by atoms with E-state index < -0.39 is 0 Å². The molecule has 2 rings (SSSR count). The van der Waals surface area contributed by atoms with Gasteiger partial charge in [0.1, 0.15) is 5.01 Å². The van der Waals surface area contributed by atoms with Gasteiger partial charge in [0.05, 0.1) is 18.2 Å². The monoisotopic (exact) mass is 253 g/mol. The summed E-state index contributed by atoms with van der Waals surface area (Å²) in [6, 6.07) is 0.334. The topological polar surface area (TPSA) is 68.0 Å². The Morgan fingerprint density at radius 1 is 1.65 bits per heavy atom. The SMILES string of the molecule is CC(N)c1nc(CC(=O)NC2CCCC2)cs1. The molecule has 0 radical (unpaired) electrons. The lowest BCUT2D eigenvalue weighted by molar-refractivity contribution is -0.121. The van der Waals surface area contributed by atoms with Gasteiger partial charge in [-0.05, 0) is 19.8 Å². The minimum Gasteiger partial charge on any atom is -0.353 e. The second-order valence-corrected chi connectivity index (χ2v) is 5.58. The molecule has 1 saturated carbocycles. The van der Waals surface area contributed by atoms with Crippen LogP contribution in [0.1, 0.15) is 49.4 Å². The van der Waals surface area contributed by atoms with Gasteiger partial charge in [-0.3, -0.25) is 4.79 Å². The van der Waals surface area contributed by atoms with Crippen molar-refractivity contribution in [2.24, 2.45) is 5.73 Å². The summed E-state index contributed by atoms with van der Waals surface area (Å²) < 4.78 is 0. The van der Waals surface area contributed by atoms with E-state index in [9.17, 15) is 4.79 Å². The summed E-state index contributed by atoms with van der Waals surface area (Å²) in [6.45, 7) is 1.90. The van der Waals surface area contributed by atoms with Crippen LogP contribution < -0.4 is 11.1 Å². The first-order valence-electron chi connectivity index (χ1n) is 6.14. The molecule has 5 heteroatoms. The molecule has 94 valence electrons. The van der Waals surface area contributed by atoms with Gasteiger partial charge in [-0.1, -0.05) is 12.8 Å². The van der Waals surface area contributed by atoms with Crippen LogP contribution in [0.4, 0.5) is 0 Å². The van der Waals surface area contributed by atoms with E-state index in [1.807, 2.05) is 12.3 Å². The number of hydrogen-bond donors (Lipinski definition) is 2. The molecule has 17 heavy (non-hydrogen) atoms. The van der Waals surface area contributed by atoms with Crippen molar-refractivity contribution in [2.45, 2.75) is 51.1 Å². The summed E-state index contributed by atoms with van der Waals surface area (Å²) in [5, 5.41) is 5.88. The first kappa shape index (κ1) is 12.5. The zero-order valence-corrected chi connectivity index (χ0v) is 10.9. The molecular weight excluding hydrogens is 234 g/mol. The molecule has 0 aliphatic heterocycles. The zero-order chi connectivity index (χ0) is 12.3. The molecule has 1 fully saturated rings. The Bertz CT molecular complexity index is 383. The number of hydrogen-bond acceptors (Lipinski definition) is 4. The summed E-state index contributed by atoms with van der Waals surface area (Å²) in [4.78, 5) is 16.1. The molecule has 3 N–H and O–H groups in total. The maximum absolute atomic E-state index is 11.8. The third-order valence-electron chi connectivity index (χ3n) is 3.02. The van der Waals surface area contributed by atoms with Gasteiger partial charge in [0.2, 0.25) is 5.91 Å². The molecule has 0 spiro atoms. The van der Waals surface area contributed by atoms with Crippen molar-refractivity contribution in [3.8, 4) is 0 Å². The van der Waals surface area contributed by atoms with Gasteiger partial charge >= 0.3 is 0 Å². The lowest BCUT2D eigenvalue weighted by Gasteiger charge is -2.10. The van der Waals surface area contributed by atoms with Crippen molar-refractivity contribution in [3.05, 3.63) is 16.1 Å². The molecule has 1 aliphatic rings. The molecule has 1 aromatic heterocycles. The van der Waals surface area contributed by atoms with Crippen LogP contribution in [0, 0.1) is 0 Å². The van der Waals surface area contributed by atoms with Crippen LogP contribution in [0.25, 0.3) is 0 Å². The Morgan fingerprint density at radius 3 is 2.94 bits per heavy atom. The Balaban J connectivity index is 1.84. The quantitative estimate of drug-likeness (QED) is 0.859. The Morgan fingerprint density at radius 2 is 2.35 bits per heavy atom. The molecule has 0 saturated heterocycles. The second kappa shape index (κ2) is 5.60. The first-order valence-corrected chi connectivity index (χ1v) is 7.02. The molecule has 1 heterocycles. The third-order valence-corrected chi connectivity index (χ3v) is 4.12. The number of carbonyl (C=O) groups is 1. The summed E-state index contributed by atoms with van der Waals surface area (Å²) in [5.41, 5.74) is 6.57. The Labute approximate surface area is 106 Å². The summed E-state index contributed by atoms with van der Waals surface area (Å²) in [5.74, 6) is 0.0819. The van der Waals surface area contributed by atoms with Crippen molar-refractivity contribution in [2.75, 3.05) is 0 Å². The molecule has 1 unspecified atom stereocenters. The minimum absolute atomic E-state index is 0.0494. The number of nitrogens with two attached hydrogens (primary N) is 1. The van der Waals surface area contributed by atoms with E-state index in [0.29, 0.717) is 12.5 Å². The Kier molecular flexibility index (Phi) is 4.12. The number of thiazole rings is 1. The maximum Gasteiger partial charge on any atom is 0.226 e. The molecule has 1 atom stereocenters. The number of nitrogens with one attached hydrogen (secondary N) is 1. The van der Waals surface area contributed by atoms with Crippen LogP contribution in [-0.4, -0.2) is 16.9 Å². The fourth-order valence-corrected chi connectivity index (χ4v) is 2.90. The van der Waals surface area contributed by atoms with E-state index >= 15 is 0 Å². The average molecular weight is 253 g/mol. The van der Waals surface area contributed by atoms with Crippen molar-refractivity contribution < 1.29 is 4.79 Å². The predicted octanol–water partition coefficient (Wildman–Crippen LogP) is 1.76. The average Bonchev–Trinajstić information content (AvgIpc) is 2.88. The van der Waals surface area contributed by atoms with Gasteiger partial charge in [-0.15, -0.1) is 11.3 Å². The molecule has 4 nitrogen and oxygen atoms in total. The second-order valence-electron chi connectivity index (χ2n) is 4.69. The van der Waals surface area contributed by atoms with Gasteiger partial charge in [0, 0.05) is 11.4 Å². The number of rotatable bonds is 4. The van der Waals surface area contributed by atoms with Crippen molar-refractivity contribution in [1.82, 2.24) is 10.3 Å². The highest BCUT2D eigenvalue weighted by molar-refractivity contribution is 7.09. The van der Waals surface area contributed by atoms with Gasteiger partial charge in [0.25, 0.3) is 0 Å². The van der Waals surface area contributed by atoms with Crippen LogP contribution in [0.15, 0.2) is 5.38 Å². The molecule has 0 aromatic carbocycles.